The van der Waals surface area contributed by atoms with E-state index in [0.717, 1.165) is 0 Å². The third kappa shape index (κ3) is 27.2. The van der Waals surface area contributed by atoms with Crippen LogP contribution in [0.1, 0.15) is 135 Å². The first-order chi connectivity index (χ1) is 13.4. The van der Waals surface area contributed by atoms with E-state index in [-0.39, 0.29) is 0 Å². The van der Waals surface area contributed by atoms with Crippen LogP contribution in [-0.2, 0) is 0 Å². The predicted molar refractivity (Wildman–Crippen MR) is 144 cm³/mol. The van der Waals surface area contributed by atoms with Crippen LogP contribution in [0.2, 0.25) is 0 Å². The summed E-state index contributed by atoms with van der Waals surface area (Å²) in [7, 11) is 0. The zero-order chi connectivity index (χ0) is 19.7. The van der Waals surface area contributed by atoms with E-state index in [1.165, 1.54) is 144 Å². The molecule has 0 radical (unpaired) electrons. The molecule has 0 atom stereocenters. The van der Waals surface area contributed by atoms with Gasteiger partial charge in [0.25, 0.3) is 0 Å². The molecule has 0 aliphatic carbocycles. The molecule has 0 spiro atoms. The van der Waals surface area contributed by atoms with Crippen molar-refractivity contribution in [1.82, 2.24) is 0 Å². The minimum atomic E-state index is 1.31. The SMILES string of the molecule is ICCCCCCCCCCCC=CCCCCCCCCCCCCI. The Morgan fingerprint density at radius 1 is 0.296 bits per heavy atom. The van der Waals surface area contributed by atoms with Gasteiger partial charge in [0.15, 0.2) is 0 Å². The summed E-state index contributed by atoms with van der Waals surface area (Å²) in [4.78, 5) is 0. The van der Waals surface area contributed by atoms with Crippen molar-refractivity contribution in [2.45, 2.75) is 135 Å². The van der Waals surface area contributed by atoms with Gasteiger partial charge in [-0.15, -0.1) is 0 Å². The van der Waals surface area contributed by atoms with Gasteiger partial charge in [-0.3, -0.25) is 0 Å². The van der Waals surface area contributed by atoms with Crippen LogP contribution in [0, 0.1) is 0 Å². The van der Waals surface area contributed by atoms with Crippen molar-refractivity contribution in [2.75, 3.05) is 8.86 Å². The van der Waals surface area contributed by atoms with Gasteiger partial charge in [-0.2, -0.15) is 0 Å². The van der Waals surface area contributed by atoms with Crippen LogP contribution in [0.3, 0.4) is 0 Å². The van der Waals surface area contributed by atoms with Crippen LogP contribution in [0.5, 0.6) is 0 Å². The molecule has 0 saturated heterocycles. The van der Waals surface area contributed by atoms with E-state index in [9.17, 15) is 0 Å². The highest BCUT2D eigenvalue weighted by Gasteiger charge is 1.93. The Labute approximate surface area is 199 Å². The van der Waals surface area contributed by atoms with Crippen molar-refractivity contribution in [3.63, 3.8) is 0 Å². The maximum atomic E-state index is 2.49. The smallest absolute Gasteiger partial charge is 0.000473 e. The van der Waals surface area contributed by atoms with Crippen LogP contribution >= 0.6 is 45.2 Å². The monoisotopic (exact) mass is 602 g/mol. The summed E-state index contributed by atoms with van der Waals surface area (Å²) in [6.45, 7) is 0. The molecule has 0 amide bonds. The van der Waals surface area contributed by atoms with Crippen LogP contribution in [0.15, 0.2) is 12.2 Å². The maximum Gasteiger partial charge on any atom is -0.000473 e. The molecule has 0 nitrogen and oxygen atoms in total. The Morgan fingerprint density at radius 2 is 0.519 bits per heavy atom. The van der Waals surface area contributed by atoms with E-state index >= 15 is 0 Å². The standard InChI is InChI=1S/C25H48I2/c26-24-22-20-18-16-14-12-10-8-6-4-2-1-3-5-7-9-11-13-15-17-19-21-23-25-27/h1-2H,3-25H2. The fourth-order valence-corrected chi connectivity index (χ4v) is 4.68. The summed E-state index contributed by atoms with van der Waals surface area (Å²) < 4.78 is 2.68. The topological polar surface area (TPSA) is 0 Å². The second kappa shape index (κ2) is 27.2. The predicted octanol–water partition coefficient (Wildman–Crippen LogP) is 10.6. The van der Waals surface area contributed by atoms with Gasteiger partial charge < -0.3 is 0 Å². The number of hydrogen-bond acceptors (Lipinski definition) is 0. The molecule has 162 valence electrons. The highest BCUT2D eigenvalue weighted by atomic mass is 127. The van der Waals surface area contributed by atoms with E-state index in [4.69, 9.17) is 0 Å². The van der Waals surface area contributed by atoms with Crippen molar-refractivity contribution < 1.29 is 0 Å². The minimum Gasteiger partial charge on any atom is -0.0885 e. The lowest BCUT2D eigenvalue weighted by molar-refractivity contribution is 0.558. The first-order valence-electron chi connectivity index (χ1n) is 12.2. The Bertz CT molecular complexity index is 275. The third-order valence-corrected chi connectivity index (χ3v) is 6.95. The first-order valence-corrected chi connectivity index (χ1v) is 15.2. The molecular weight excluding hydrogens is 554 g/mol. The van der Waals surface area contributed by atoms with Gasteiger partial charge in [-0.1, -0.05) is 154 Å². The summed E-state index contributed by atoms with van der Waals surface area (Å²) in [6, 6.07) is 0. The summed E-state index contributed by atoms with van der Waals surface area (Å²) >= 11 is 4.98. The molecule has 0 N–H and O–H groups in total. The van der Waals surface area contributed by atoms with E-state index < -0.39 is 0 Å². The molecule has 27 heavy (non-hydrogen) atoms. The summed E-state index contributed by atoms with van der Waals surface area (Å²) in [5.41, 5.74) is 0. The van der Waals surface area contributed by atoms with Crippen LogP contribution < -0.4 is 0 Å². The van der Waals surface area contributed by atoms with Gasteiger partial charge in [-0.25, -0.2) is 0 Å². The fourth-order valence-electron chi connectivity index (χ4n) is 3.60. The number of unbranched alkanes of at least 4 members (excludes halogenated alkanes) is 19. The molecule has 0 rings (SSSR count). The molecule has 0 aromatic heterocycles. The Balaban J connectivity index is 3.05. The van der Waals surface area contributed by atoms with Gasteiger partial charge in [0.05, 0.1) is 0 Å². The molecular formula is C25H48I2. The largest absolute Gasteiger partial charge is 0.0885 e. The highest BCUT2D eigenvalue weighted by Crippen LogP contribution is 2.13. The van der Waals surface area contributed by atoms with Crippen LogP contribution in [-0.4, -0.2) is 8.86 Å². The summed E-state index contributed by atoms with van der Waals surface area (Å²) in [5, 5.41) is 0. The van der Waals surface area contributed by atoms with Crippen molar-refractivity contribution in [2.24, 2.45) is 0 Å². The van der Waals surface area contributed by atoms with Crippen molar-refractivity contribution in [3.05, 3.63) is 12.2 Å². The molecule has 0 saturated carbocycles. The number of rotatable bonds is 23. The lowest BCUT2D eigenvalue weighted by Crippen LogP contribution is -1.82. The van der Waals surface area contributed by atoms with Gasteiger partial charge in [-0.05, 0) is 47.4 Å². The molecule has 2 heteroatoms. The second-order valence-electron chi connectivity index (χ2n) is 8.14. The van der Waals surface area contributed by atoms with Crippen LogP contribution in [0.4, 0.5) is 0 Å². The number of alkyl halides is 2. The molecule has 0 unspecified atom stereocenters. The molecule has 0 aliphatic heterocycles. The summed E-state index contributed by atoms with van der Waals surface area (Å²) in [5.74, 6) is 0. The third-order valence-electron chi connectivity index (χ3n) is 5.43. The van der Waals surface area contributed by atoms with E-state index in [2.05, 4.69) is 57.3 Å². The van der Waals surface area contributed by atoms with E-state index in [1.54, 1.807) is 0 Å². The van der Waals surface area contributed by atoms with Crippen molar-refractivity contribution >= 4 is 45.2 Å². The van der Waals surface area contributed by atoms with E-state index in [1.807, 2.05) is 0 Å². The van der Waals surface area contributed by atoms with Gasteiger partial charge in [0, 0.05) is 0 Å². The fraction of sp³-hybridized carbons (Fsp3) is 0.920. The zero-order valence-electron chi connectivity index (χ0n) is 18.2. The normalized spacial score (nSPS) is 11.6. The van der Waals surface area contributed by atoms with Gasteiger partial charge in [0.1, 0.15) is 0 Å². The first kappa shape index (κ1) is 28.2. The Kier molecular flexibility index (Phi) is 28.4. The van der Waals surface area contributed by atoms with Crippen molar-refractivity contribution in [1.29, 1.82) is 0 Å². The second-order valence-corrected chi connectivity index (χ2v) is 10.3. The molecule has 0 fully saturated rings. The number of allylic oxidation sites excluding steroid dienone is 2. The average molecular weight is 602 g/mol. The highest BCUT2D eigenvalue weighted by molar-refractivity contribution is 14.1. The minimum absolute atomic E-state index is 1.31. The lowest BCUT2D eigenvalue weighted by atomic mass is 10.1. The number of hydrogen-bond donors (Lipinski definition) is 0. The molecule has 0 aromatic rings. The molecule has 0 bridgehead atoms. The van der Waals surface area contributed by atoms with Gasteiger partial charge >= 0.3 is 0 Å². The van der Waals surface area contributed by atoms with Gasteiger partial charge in [0.2, 0.25) is 0 Å². The van der Waals surface area contributed by atoms with Crippen LogP contribution in [0.25, 0.3) is 0 Å². The zero-order valence-corrected chi connectivity index (χ0v) is 22.5. The quantitative estimate of drug-likeness (QED) is 0.0473. The molecule has 0 aliphatic rings. The molecule has 0 aromatic carbocycles. The Hall–Kier alpha value is 1.20. The Morgan fingerprint density at radius 3 is 0.778 bits per heavy atom. The lowest BCUT2D eigenvalue weighted by Gasteiger charge is -2.02. The van der Waals surface area contributed by atoms with Crippen molar-refractivity contribution in [3.8, 4) is 0 Å². The number of halogens is 2. The maximum absolute atomic E-state index is 2.49. The summed E-state index contributed by atoms with van der Waals surface area (Å²) in [6.07, 6.45) is 35.1. The van der Waals surface area contributed by atoms with E-state index in [0.29, 0.717) is 0 Å². The average Bonchev–Trinajstić information content (AvgIpc) is 2.68. The molecule has 0 heterocycles.